The van der Waals surface area contributed by atoms with Crippen molar-refractivity contribution in [2.45, 2.75) is 19.8 Å². The van der Waals surface area contributed by atoms with Crippen molar-refractivity contribution in [3.05, 3.63) is 47.8 Å². The van der Waals surface area contributed by atoms with Crippen molar-refractivity contribution in [3.63, 3.8) is 0 Å². The van der Waals surface area contributed by atoms with Gasteiger partial charge in [-0.1, -0.05) is 17.7 Å². The van der Waals surface area contributed by atoms with Crippen LogP contribution in [-0.2, 0) is 16.0 Å². The molecule has 1 fully saturated rings. The molecule has 0 bridgehead atoms. The predicted molar refractivity (Wildman–Crippen MR) is 86.9 cm³/mol. The lowest BCUT2D eigenvalue weighted by Gasteiger charge is -2.17. The Labute approximate surface area is 134 Å². The van der Waals surface area contributed by atoms with Crippen molar-refractivity contribution in [3.8, 4) is 0 Å². The zero-order chi connectivity index (χ0) is 16.2. The van der Waals surface area contributed by atoms with Crippen LogP contribution in [0.2, 0.25) is 0 Å². The van der Waals surface area contributed by atoms with E-state index in [1.54, 1.807) is 11.1 Å². The number of nitrogens with one attached hydrogen (secondary N) is 2. The minimum Gasteiger partial charge on any atom is -0.355 e. The maximum absolute atomic E-state index is 12.2. The SMILES string of the molecule is Cc1ccc(N2CC(C(=O)NCCc3ccn[nH]3)CC2=O)cc1. The topological polar surface area (TPSA) is 78.1 Å². The van der Waals surface area contributed by atoms with Crippen LogP contribution in [0.4, 0.5) is 5.69 Å². The molecule has 2 amide bonds. The van der Waals surface area contributed by atoms with Gasteiger partial charge in [-0.15, -0.1) is 0 Å². The molecule has 2 N–H and O–H groups in total. The Morgan fingerprint density at radius 3 is 2.83 bits per heavy atom. The number of hydrogen-bond donors (Lipinski definition) is 2. The summed E-state index contributed by atoms with van der Waals surface area (Å²) in [5, 5.41) is 9.62. The standard InChI is InChI=1S/C17H20N4O2/c1-12-2-4-15(5-3-12)21-11-13(10-16(21)22)17(23)18-8-6-14-7-9-19-20-14/h2-5,7,9,13H,6,8,10-11H2,1H3,(H,18,23)(H,19,20). The summed E-state index contributed by atoms with van der Waals surface area (Å²) in [5.41, 5.74) is 2.98. The summed E-state index contributed by atoms with van der Waals surface area (Å²) in [6.45, 7) is 2.99. The Kier molecular flexibility index (Phi) is 4.41. The Bertz CT molecular complexity index is 679. The number of aryl methyl sites for hydroxylation is 1. The van der Waals surface area contributed by atoms with Gasteiger partial charge in [-0.25, -0.2) is 0 Å². The summed E-state index contributed by atoms with van der Waals surface area (Å²) < 4.78 is 0. The molecule has 1 aromatic heterocycles. The fourth-order valence-corrected chi connectivity index (χ4v) is 2.75. The van der Waals surface area contributed by atoms with E-state index in [2.05, 4.69) is 15.5 Å². The molecule has 1 unspecified atom stereocenters. The molecule has 0 saturated carbocycles. The van der Waals surface area contributed by atoms with Crippen molar-refractivity contribution in [2.24, 2.45) is 5.92 Å². The molecule has 6 heteroatoms. The van der Waals surface area contributed by atoms with Crippen LogP contribution in [0, 0.1) is 12.8 Å². The molecule has 1 aliphatic rings. The molecule has 1 atom stereocenters. The third-order valence-corrected chi connectivity index (χ3v) is 4.09. The largest absolute Gasteiger partial charge is 0.355 e. The van der Waals surface area contributed by atoms with Crippen molar-refractivity contribution >= 4 is 17.5 Å². The first-order valence-corrected chi connectivity index (χ1v) is 7.76. The number of benzene rings is 1. The van der Waals surface area contributed by atoms with E-state index in [1.165, 1.54) is 0 Å². The number of carbonyl (C=O) groups is 2. The average molecular weight is 312 g/mol. The maximum atomic E-state index is 12.2. The van der Waals surface area contributed by atoms with Gasteiger partial charge in [0.2, 0.25) is 11.8 Å². The number of aromatic amines is 1. The monoisotopic (exact) mass is 312 g/mol. The lowest BCUT2D eigenvalue weighted by Crippen LogP contribution is -2.34. The van der Waals surface area contributed by atoms with E-state index in [4.69, 9.17) is 0 Å². The van der Waals surface area contributed by atoms with Crippen LogP contribution in [0.5, 0.6) is 0 Å². The first kappa shape index (κ1) is 15.3. The van der Waals surface area contributed by atoms with Gasteiger partial charge >= 0.3 is 0 Å². The van der Waals surface area contributed by atoms with E-state index < -0.39 is 0 Å². The minimum absolute atomic E-state index is 0.00238. The highest BCUT2D eigenvalue weighted by atomic mass is 16.2. The molecule has 6 nitrogen and oxygen atoms in total. The quantitative estimate of drug-likeness (QED) is 0.876. The molecule has 2 heterocycles. The average Bonchev–Trinajstić information content (AvgIpc) is 3.18. The number of nitrogens with zero attached hydrogens (tertiary/aromatic N) is 2. The van der Waals surface area contributed by atoms with E-state index in [9.17, 15) is 9.59 Å². The van der Waals surface area contributed by atoms with Gasteiger partial charge < -0.3 is 10.2 Å². The van der Waals surface area contributed by atoms with Gasteiger partial charge in [0, 0.05) is 43.5 Å². The van der Waals surface area contributed by atoms with Gasteiger partial charge in [0.25, 0.3) is 0 Å². The molecule has 1 aromatic carbocycles. The summed E-state index contributed by atoms with van der Waals surface area (Å²) >= 11 is 0. The normalized spacial score (nSPS) is 17.5. The maximum Gasteiger partial charge on any atom is 0.227 e. The Morgan fingerprint density at radius 1 is 1.35 bits per heavy atom. The highest BCUT2D eigenvalue weighted by Gasteiger charge is 2.34. The van der Waals surface area contributed by atoms with Crippen molar-refractivity contribution in [2.75, 3.05) is 18.0 Å². The zero-order valence-electron chi connectivity index (χ0n) is 13.1. The van der Waals surface area contributed by atoms with Crippen LogP contribution in [0.25, 0.3) is 0 Å². The second kappa shape index (κ2) is 6.64. The molecule has 3 rings (SSSR count). The fourth-order valence-electron chi connectivity index (χ4n) is 2.75. The third-order valence-electron chi connectivity index (χ3n) is 4.09. The van der Waals surface area contributed by atoms with Crippen LogP contribution >= 0.6 is 0 Å². The van der Waals surface area contributed by atoms with Crippen molar-refractivity contribution in [1.82, 2.24) is 15.5 Å². The molecule has 2 aromatic rings. The molecule has 0 radical (unpaired) electrons. The van der Waals surface area contributed by atoms with E-state index in [1.807, 2.05) is 37.3 Å². The van der Waals surface area contributed by atoms with Gasteiger partial charge in [-0.05, 0) is 25.1 Å². The zero-order valence-corrected chi connectivity index (χ0v) is 13.1. The smallest absolute Gasteiger partial charge is 0.227 e. The first-order valence-electron chi connectivity index (χ1n) is 7.76. The van der Waals surface area contributed by atoms with Crippen LogP contribution in [0.3, 0.4) is 0 Å². The Balaban J connectivity index is 1.54. The van der Waals surface area contributed by atoms with Crippen LogP contribution in [0.15, 0.2) is 36.5 Å². The minimum atomic E-state index is -0.287. The van der Waals surface area contributed by atoms with Gasteiger partial charge in [0.05, 0.1) is 5.92 Å². The van der Waals surface area contributed by atoms with Crippen molar-refractivity contribution < 1.29 is 9.59 Å². The summed E-state index contributed by atoms with van der Waals surface area (Å²) in [5.74, 6) is -0.347. The number of hydrogen-bond acceptors (Lipinski definition) is 3. The first-order chi connectivity index (χ1) is 11.1. The number of aromatic nitrogens is 2. The molecule has 0 aliphatic carbocycles. The van der Waals surface area contributed by atoms with Crippen molar-refractivity contribution in [1.29, 1.82) is 0 Å². The highest BCUT2D eigenvalue weighted by molar-refractivity contribution is 6.00. The Hall–Kier alpha value is -2.63. The van der Waals surface area contributed by atoms with Gasteiger partial charge in [0.1, 0.15) is 0 Å². The number of amides is 2. The Morgan fingerprint density at radius 2 is 2.13 bits per heavy atom. The van der Waals surface area contributed by atoms with Crippen LogP contribution in [0.1, 0.15) is 17.7 Å². The summed E-state index contributed by atoms with van der Waals surface area (Å²) in [4.78, 5) is 26.1. The van der Waals surface area contributed by atoms with Gasteiger partial charge in [-0.2, -0.15) is 5.10 Å². The molecule has 23 heavy (non-hydrogen) atoms. The van der Waals surface area contributed by atoms with Crippen LogP contribution in [-0.4, -0.2) is 35.1 Å². The third kappa shape index (κ3) is 3.59. The number of rotatable bonds is 5. The number of anilines is 1. The van der Waals surface area contributed by atoms with E-state index in [0.717, 1.165) is 16.9 Å². The summed E-state index contributed by atoms with van der Waals surface area (Å²) in [6, 6.07) is 9.67. The van der Waals surface area contributed by atoms with Gasteiger partial charge in [-0.3, -0.25) is 14.7 Å². The van der Waals surface area contributed by atoms with Gasteiger partial charge in [0.15, 0.2) is 0 Å². The fraction of sp³-hybridized carbons (Fsp3) is 0.353. The lowest BCUT2D eigenvalue weighted by molar-refractivity contribution is -0.126. The highest BCUT2D eigenvalue weighted by Crippen LogP contribution is 2.25. The molecular weight excluding hydrogens is 292 g/mol. The molecule has 120 valence electrons. The second-order valence-corrected chi connectivity index (χ2v) is 5.86. The molecular formula is C17H20N4O2. The molecule has 1 aliphatic heterocycles. The van der Waals surface area contributed by atoms with E-state index in [-0.39, 0.29) is 24.2 Å². The number of carbonyl (C=O) groups excluding carboxylic acids is 2. The summed E-state index contributed by atoms with van der Waals surface area (Å²) in [6.07, 6.45) is 2.66. The predicted octanol–water partition coefficient (Wildman–Crippen LogP) is 1.43. The lowest BCUT2D eigenvalue weighted by atomic mass is 10.1. The molecule has 0 spiro atoms. The molecule has 1 saturated heterocycles. The van der Waals surface area contributed by atoms with E-state index >= 15 is 0 Å². The summed E-state index contributed by atoms with van der Waals surface area (Å²) in [7, 11) is 0. The van der Waals surface area contributed by atoms with E-state index in [0.29, 0.717) is 19.5 Å². The number of H-pyrrole nitrogens is 1. The second-order valence-electron chi connectivity index (χ2n) is 5.86. The van der Waals surface area contributed by atoms with Crippen LogP contribution < -0.4 is 10.2 Å².